The average molecular weight is 379 g/mol. The van der Waals surface area contributed by atoms with Crippen molar-refractivity contribution in [2.45, 2.75) is 18.4 Å². The SMILES string of the molecule is COC(=O)C1=C(C)N(Cc2ccccc2)C(=O)/C1=C\c1ccc(SC)cc1. The third-order valence-corrected chi connectivity index (χ3v) is 5.25. The number of hydrogen-bond donors (Lipinski definition) is 0. The van der Waals surface area contributed by atoms with Crippen molar-refractivity contribution in [3.05, 3.63) is 82.6 Å². The van der Waals surface area contributed by atoms with Crippen LogP contribution in [0.2, 0.25) is 0 Å². The van der Waals surface area contributed by atoms with E-state index in [0.29, 0.717) is 23.4 Å². The molecule has 0 aromatic heterocycles. The van der Waals surface area contributed by atoms with Crippen LogP contribution in [0.1, 0.15) is 18.1 Å². The number of methoxy groups -OCH3 is 1. The summed E-state index contributed by atoms with van der Waals surface area (Å²) in [4.78, 5) is 28.2. The Hall–Kier alpha value is -2.79. The van der Waals surface area contributed by atoms with Gasteiger partial charge in [0.05, 0.1) is 24.8 Å². The highest BCUT2D eigenvalue weighted by atomic mass is 32.2. The lowest BCUT2D eigenvalue weighted by Crippen LogP contribution is -2.24. The minimum absolute atomic E-state index is 0.189. The second-order valence-electron chi connectivity index (χ2n) is 6.16. The molecule has 0 saturated heterocycles. The molecule has 4 nitrogen and oxygen atoms in total. The van der Waals surface area contributed by atoms with Crippen LogP contribution in [0.5, 0.6) is 0 Å². The first-order valence-electron chi connectivity index (χ1n) is 8.56. The molecule has 2 aromatic carbocycles. The van der Waals surface area contributed by atoms with Gasteiger partial charge in [0.2, 0.25) is 0 Å². The smallest absolute Gasteiger partial charge is 0.340 e. The summed E-state index contributed by atoms with van der Waals surface area (Å²) < 4.78 is 4.94. The molecule has 0 spiro atoms. The Morgan fingerprint density at radius 1 is 1.11 bits per heavy atom. The maximum atomic E-state index is 13.1. The summed E-state index contributed by atoms with van der Waals surface area (Å²) in [5, 5.41) is 0. The Bertz CT molecular complexity index is 914. The van der Waals surface area contributed by atoms with Crippen LogP contribution < -0.4 is 0 Å². The van der Waals surface area contributed by atoms with Gasteiger partial charge >= 0.3 is 5.97 Å². The van der Waals surface area contributed by atoms with Gasteiger partial charge in [0.15, 0.2) is 0 Å². The van der Waals surface area contributed by atoms with Gasteiger partial charge in [-0.05, 0) is 42.5 Å². The number of rotatable bonds is 5. The standard InChI is InChI=1S/C22H21NO3S/c1-15-20(22(25)26-2)19(13-16-9-11-18(27-3)12-10-16)21(24)23(15)14-17-7-5-4-6-8-17/h4-13H,14H2,1-3H3/b19-13-. The minimum Gasteiger partial charge on any atom is -0.465 e. The molecular weight excluding hydrogens is 358 g/mol. The van der Waals surface area contributed by atoms with Crippen LogP contribution in [0.15, 0.2) is 76.3 Å². The molecule has 5 heteroatoms. The largest absolute Gasteiger partial charge is 0.465 e. The van der Waals surface area contributed by atoms with Crippen molar-refractivity contribution < 1.29 is 14.3 Å². The predicted octanol–water partition coefficient (Wildman–Crippen LogP) is 4.28. The van der Waals surface area contributed by atoms with Crippen LogP contribution in [0.3, 0.4) is 0 Å². The third kappa shape index (κ3) is 3.98. The molecule has 1 aliphatic rings. The van der Waals surface area contributed by atoms with E-state index >= 15 is 0 Å². The van der Waals surface area contributed by atoms with Gasteiger partial charge in [-0.2, -0.15) is 0 Å². The van der Waals surface area contributed by atoms with Gasteiger partial charge in [-0.15, -0.1) is 11.8 Å². The third-order valence-electron chi connectivity index (χ3n) is 4.51. The molecule has 0 bridgehead atoms. The summed E-state index contributed by atoms with van der Waals surface area (Å²) in [5.74, 6) is -0.686. The molecule has 0 unspecified atom stereocenters. The van der Waals surface area contributed by atoms with E-state index in [1.807, 2.05) is 60.9 Å². The number of allylic oxidation sites excluding steroid dienone is 1. The maximum absolute atomic E-state index is 13.1. The number of thioether (sulfide) groups is 1. The second kappa shape index (κ2) is 8.27. The molecular formula is C22H21NO3S. The molecule has 3 rings (SSSR count). The Labute approximate surface area is 163 Å². The van der Waals surface area contributed by atoms with E-state index in [1.54, 1.807) is 29.7 Å². The van der Waals surface area contributed by atoms with E-state index in [-0.39, 0.29) is 5.91 Å². The maximum Gasteiger partial charge on any atom is 0.340 e. The molecule has 0 fully saturated rings. The monoisotopic (exact) mass is 379 g/mol. The number of carbonyl (C=O) groups is 2. The molecule has 1 aliphatic heterocycles. The Morgan fingerprint density at radius 2 is 1.78 bits per heavy atom. The highest BCUT2D eigenvalue weighted by Gasteiger charge is 2.36. The van der Waals surface area contributed by atoms with E-state index < -0.39 is 5.97 Å². The zero-order valence-electron chi connectivity index (χ0n) is 15.6. The van der Waals surface area contributed by atoms with E-state index in [4.69, 9.17) is 4.74 Å². The Morgan fingerprint density at radius 3 is 2.37 bits per heavy atom. The number of hydrogen-bond acceptors (Lipinski definition) is 4. The van der Waals surface area contributed by atoms with Gasteiger partial charge in [0.25, 0.3) is 5.91 Å². The first-order chi connectivity index (χ1) is 13.0. The first kappa shape index (κ1) is 19.0. The van der Waals surface area contributed by atoms with Crippen molar-refractivity contribution in [1.29, 1.82) is 0 Å². The molecule has 0 saturated carbocycles. The number of nitrogens with zero attached hydrogens (tertiary/aromatic N) is 1. The summed E-state index contributed by atoms with van der Waals surface area (Å²) >= 11 is 1.65. The fourth-order valence-electron chi connectivity index (χ4n) is 3.05. The summed E-state index contributed by atoms with van der Waals surface area (Å²) in [7, 11) is 1.33. The van der Waals surface area contributed by atoms with Gasteiger partial charge in [0.1, 0.15) is 0 Å². The topological polar surface area (TPSA) is 46.6 Å². The average Bonchev–Trinajstić information content (AvgIpc) is 2.93. The number of esters is 1. The quantitative estimate of drug-likeness (QED) is 0.442. The first-order valence-corrected chi connectivity index (χ1v) is 9.78. The minimum atomic E-state index is -0.497. The Balaban J connectivity index is 2.00. The van der Waals surface area contributed by atoms with Crippen molar-refractivity contribution in [2.24, 2.45) is 0 Å². The lowest BCUT2D eigenvalue weighted by atomic mass is 10.0. The molecule has 2 aromatic rings. The lowest BCUT2D eigenvalue weighted by Gasteiger charge is -2.17. The molecule has 0 radical (unpaired) electrons. The normalized spacial score (nSPS) is 15.6. The van der Waals surface area contributed by atoms with Crippen LogP contribution in [0.25, 0.3) is 6.08 Å². The predicted molar refractivity (Wildman–Crippen MR) is 108 cm³/mol. The van der Waals surface area contributed by atoms with E-state index in [0.717, 1.165) is 16.0 Å². The molecule has 1 heterocycles. The van der Waals surface area contributed by atoms with Crippen molar-refractivity contribution in [1.82, 2.24) is 4.90 Å². The summed E-state index contributed by atoms with van der Waals surface area (Å²) in [6.45, 7) is 2.19. The number of carbonyl (C=O) groups excluding carboxylic acids is 2. The number of ether oxygens (including phenoxy) is 1. The zero-order chi connectivity index (χ0) is 19.4. The van der Waals surface area contributed by atoms with Gasteiger partial charge < -0.3 is 9.64 Å². The highest BCUT2D eigenvalue weighted by molar-refractivity contribution is 7.98. The second-order valence-corrected chi connectivity index (χ2v) is 7.04. The van der Waals surface area contributed by atoms with E-state index in [1.165, 1.54) is 7.11 Å². The lowest BCUT2D eigenvalue weighted by molar-refractivity contribution is -0.136. The summed E-state index contributed by atoms with van der Waals surface area (Å²) in [6, 6.07) is 17.6. The van der Waals surface area contributed by atoms with Crippen LogP contribution in [0, 0.1) is 0 Å². The fraction of sp³-hybridized carbons (Fsp3) is 0.182. The molecule has 0 atom stereocenters. The van der Waals surface area contributed by atoms with Crippen LogP contribution >= 0.6 is 11.8 Å². The van der Waals surface area contributed by atoms with Crippen LogP contribution in [-0.2, 0) is 20.9 Å². The van der Waals surface area contributed by atoms with Crippen molar-refractivity contribution in [3.63, 3.8) is 0 Å². The highest BCUT2D eigenvalue weighted by Crippen LogP contribution is 2.33. The molecule has 0 N–H and O–H groups in total. The number of amides is 1. The van der Waals surface area contributed by atoms with Crippen molar-refractivity contribution in [3.8, 4) is 0 Å². The zero-order valence-corrected chi connectivity index (χ0v) is 16.4. The molecule has 1 amide bonds. The van der Waals surface area contributed by atoms with Gasteiger partial charge in [-0.1, -0.05) is 42.5 Å². The van der Waals surface area contributed by atoms with E-state index in [2.05, 4.69) is 0 Å². The van der Waals surface area contributed by atoms with Gasteiger partial charge in [0, 0.05) is 10.6 Å². The van der Waals surface area contributed by atoms with Crippen molar-refractivity contribution in [2.75, 3.05) is 13.4 Å². The Kier molecular flexibility index (Phi) is 5.81. The van der Waals surface area contributed by atoms with Crippen LogP contribution in [-0.4, -0.2) is 30.1 Å². The van der Waals surface area contributed by atoms with Crippen LogP contribution in [0.4, 0.5) is 0 Å². The molecule has 138 valence electrons. The fourth-order valence-corrected chi connectivity index (χ4v) is 3.46. The molecule has 27 heavy (non-hydrogen) atoms. The van der Waals surface area contributed by atoms with E-state index in [9.17, 15) is 9.59 Å². The number of benzene rings is 2. The van der Waals surface area contributed by atoms with Crippen molar-refractivity contribution >= 4 is 29.7 Å². The summed E-state index contributed by atoms with van der Waals surface area (Å²) in [6.07, 6.45) is 3.77. The molecule has 0 aliphatic carbocycles. The summed E-state index contributed by atoms with van der Waals surface area (Å²) in [5.41, 5.74) is 3.18. The van der Waals surface area contributed by atoms with Gasteiger partial charge in [-0.25, -0.2) is 4.79 Å². The van der Waals surface area contributed by atoms with Gasteiger partial charge in [-0.3, -0.25) is 4.79 Å².